The number of sulfonamides is 1. The number of hydrogen-bond acceptors (Lipinski definition) is 4. The van der Waals surface area contributed by atoms with Gasteiger partial charge >= 0.3 is 0 Å². The molecule has 0 bridgehead atoms. The molecule has 45 heavy (non-hydrogen) atoms. The van der Waals surface area contributed by atoms with E-state index in [9.17, 15) is 18.0 Å². The first-order valence-corrected chi connectivity index (χ1v) is 16.7. The molecule has 0 heterocycles. The first-order chi connectivity index (χ1) is 21.2. The maximum absolute atomic E-state index is 14.5. The van der Waals surface area contributed by atoms with E-state index in [0.717, 1.165) is 21.0 Å². The highest BCUT2D eigenvalue weighted by Gasteiger charge is 2.36. The highest BCUT2D eigenvalue weighted by Crippen LogP contribution is 2.33. The van der Waals surface area contributed by atoms with E-state index < -0.39 is 34.1 Å². The molecule has 2 amide bonds. The van der Waals surface area contributed by atoms with Gasteiger partial charge in [0.15, 0.2) is 0 Å². The lowest BCUT2D eigenvalue weighted by Gasteiger charge is -2.35. The van der Waals surface area contributed by atoms with E-state index in [0.29, 0.717) is 5.02 Å². The number of amides is 2. The van der Waals surface area contributed by atoms with Crippen LogP contribution in [0.25, 0.3) is 0 Å². The summed E-state index contributed by atoms with van der Waals surface area (Å²) in [6, 6.07) is 28.3. The van der Waals surface area contributed by atoms with Gasteiger partial charge in [-0.25, -0.2) is 8.42 Å². The SMILES string of the molecule is Cc1cccc(CN(C(=O)CN(c2ccc(Cl)cc2Cl)S(=O)(=O)c2ccccc2)[C@@H](Cc2ccccc2)C(=O)NC(C)(C)C)c1. The molecule has 0 aliphatic heterocycles. The van der Waals surface area contributed by atoms with Gasteiger partial charge < -0.3 is 10.2 Å². The van der Waals surface area contributed by atoms with Crippen molar-refractivity contribution in [3.63, 3.8) is 0 Å². The zero-order chi connectivity index (χ0) is 32.8. The molecular formula is C35H37Cl2N3O4S. The van der Waals surface area contributed by atoms with Gasteiger partial charge in [-0.2, -0.15) is 0 Å². The number of carbonyl (C=O) groups is 2. The van der Waals surface area contributed by atoms with E-state index >= 15 is 0 Å². The fraction of sp³-hybridized carbons (Fsp3) is 0.257. The molecule has 1 atom stereocenters. The second kappa shape index (κ2) is 14.5. The molecule has 0 aromatic heterocycles. The quantitative estimate of drug-likeness (QED) is 0.186. The Bertz CT molecular complexity index is 1740. The van der Waals surface area contributed by atoms with Crippen LogP contribution in [0.1, 0.15) is 37.5 Å². The summed E-state index contributed by atoms with van der Waals surface area (Å²) in [5, 5.41) is 3.40. The highest BCUT2D eigenvalue weighted by molar-refractivity contribution is 7.92. The molecule has 0 saturated heterocycles. The van der Waals surface area contributed by atoms with Crippen LogP contribution in [0.3, 0.4) is 0 Å². The van der Waals surface area contributed by atoms with Crippen LogP contribution in [0.2, 0.25) is 10.0 Å². The molecule has 4 rings (SSSR count). The normalized spacial score (nSPS) is 12.3. The van der Waals surface area contributed by atoms with Gasteiger partial charge in [0.05, 0.1) is 15.6 Å². The highest BCUT2D eigenvalue weighted by atomic mass is 35.5. The summed E-state index contributed by atoms with van der Waals surface area (Å²) in [5.74, 6) is -0.929. The molecule has 0 spiro atoms. The first kappa shape index (κ1) is 34.0. The number of halogens is 2. The van der Waals surface area contributed by atoms with Gasteiger partial charge in [-0.15, -0.1) is 0 Å². The minimum Gasteiger partial charge on any atom is -0.350 e. The van der Waals surface area contributed by atoms with Gasteiger partial charge in [0.1, 0.15) is 12.6 Å². The van der Waals surface area contributed by atoms with E-state index in [-0.39, 0.29) is 34.5 Å². The van der Waals surface area contributed by atoms with Gasteiger partial charge in [0, 0.05) is 23.5 Å². The molecule has 0 fully saturated rings. The molecule has 0 radical (unpaired) electrons. The average molecular weight is 667 g/mol. The Balaban J connectivity index is 1.84. The predicted molar refractivity (Wildman–Crippen MR) is 181 cm³/mol. The van der Waals surface area contributed by atoms with Gasteiger partial charge in [-0.05, 0) is 69.2 Å². The summed E-state index contributed by atoms with van der Waals surface area (Å²) < 4.78 is 29.2. The van der Waals surface area contributed by atoms with E-state index in [1.54, 1.807) is 18.2 Å². The summed E-state index contributed by atoms with van der Waals surface area (Å²) in [4.78, 5) is 29.9. The minimum absolute atomic E-state index is 0.0136. The molecule has 7 nitrogen and oxygen atoms in total. The molecule has 4 aromatic carbocycles. The fourth-order valence-corrected chi connectivity index (χ4v) is 6.95. The van der Waals surface area contributed by atoms with Crippen LogP contribution in [0.15, 0.2) is 108 Å². The maximum atomic E-state index is 14.5. The van der Waals surface area contributed by atoms with E-state index in [4.69, 9.17) is 23.2 Å². The third-order valence-corrected chi connectivity index (χ3v) is 9.30. The van der Waals surface area contributed by atoms with Crippen LogP contribution in [0, 0.1) is 6.92 Å². The van der Waals surface area contributed by atoms with Crippen molar-refractivity contribution in [2.24, 2.45) is 0 Å². The van der Waals surface area contributed by atoms with Crippen molar-refractivity contribution in [2.45, 2.75) is 57.1 Å². The lowest BCUT2D eigenvalue weighted by atomic mass is 10.0. The zero-order valence-electron chi connectivity index (χ0n) is 25.7. The van der Waals surface area contributed by atoms with Gasteiger partial charge in [-0.3, -0.25) is 13.9 Å². The second-order valence-electron chi connectivity index (χ2n) is 11.9. The average Bonchev–Trinajstić information content (AvgIpc) is 2.98. The number of nitrogens with one attached hydrogen (secondary N) is 1. The number of benzene rings is 4. The van der Waals surface area contributed by atoms with Crippen LogP contribution < -0.4 is 9.62 Å². The van der Waals surface area contributed by atoms with Crippen molar-refractivity contribution in [2.75, 3.05) is 10.8 Å². The smallest absolute Gasteiger partial charge is 0.264 e. The van der Waals surface area contributed by atoms with Gasteiger partial charge in [0.2, 0.25) is 11.8 Å². The standard InChI is InChI=1S/C35H37Cl2N3O4S/c1-25-12-11-15-27(20-25)23-39(32(34(42)38-35(2,3)4)21-26-13-7-5-8-14-26)33(41)24-40(31-19-18-28(36)22-30(31)37)45(43,44)29-16-9-6-10-17-29/h5-20,22,32H,21,23-24H2,1-4H3,(H,38,42)/t32-/m0/s1. The third kappa shape index (κ3) is 9.10. The Hall–Kier alpha value is -3.85. The molecule has 0 saturated carbocycles. The van der Waals surface area contributed by atoms with Crippen LogP contribution in [0.5, 0.6) is 0 Å². The number of nitrogens with zero attached hydrogens (tertiary/aromatic N) is 2. The van der Waals surface area contributed by atoms with Crippen molar-refractivity contribution in [3.05, 3.63) is 130 Å². The van der Waals surface area contributed by atoms with Crippen LogP contribution >= 0.6 is 23.2 Å². The van der Waals surface area contributed by atoms with Crippen molar-refractivity contribution in [3.8, 4) is 0 Å². The Morgan fingerprint density at radius 1 is 0.822 bits per heavy atom. The number of carbonyl (C=O) groups excluding carboxylic acids is 2. The maximum Gasteiger partial charge on any atom is 0.264 e. The minimum atomic E-state index is -4.27. The fourth-order valence-electron chi connectivity index (χ4n) is 4.93. The number of aryl methyl sites for hydroxylation is 1. The number of rotatable bonds is 11. The van der Waals surface area contributed by atoms with E-state index in [2.05, 4.69) is 5.32 Å². The Labute approximate surface area is 275 Å². The lowest BCUT2D eigenvalue weighted by Crippen LogP contribution is -2.56. The van der Waals surface area contributed by atoms with E-state index in [1.165, 1.54) is 35.2 Å². The van der Waals surface area contributed by atoms with Crippen molar-refractivity contribution < 1.29 is 18.0 Å². The summed E-state index contributed by atoms with van der Waals surface area (Å²) in [6.45, 7) is 7.01. The lowest BCUT2D eigenvalue weighted by molar-refractivity contribution is -0.140. The van der Waals surface area contributed by atoms with Crippen molar-refractivity contribution in [1.29, 1.82) is 0 Å². The molecular weight excluding hydrogens is 629 g/mol. The number of anilines is 1. The predicted octanol–water partition coefficient (Wildman–Crippen LogP) is 7.05. The van der Waals surface area contributed by atoms with Crippen molar-refractivity contribution >= 4 is 50.7 Å². The summed E-state index contributed by atoms with van der Waals surface area (Å²) >= 11 is 12.7. The Kier molecular flexibility index (Phi) is 11.0. The number of hydrogen-bond donors (Lipinski definition) is 1. The van der Waals surface area contributed by atoms with Crippen LogP contribution in [0.4, 0.5) is 5.69 Å². The largest absolute Gasteiger partial charge is 0.350 e. The van der Waals surface area contributed by atoms with Crippen LogP contribution in [-0.2, 0) is 32.6 Å². The molecule has 10 heteroatoms. The monoisotopic (exact) mass is 665 g/mol. The molecule has 236 valence electrons. The summed E-state index contributed by atoms with van der Waals surface area (Å²) in [5.41, 5.74) is 2.14. The van der Waals surface area contributed by atoms with Crippen molar-refractivity contribution in [1.82, 2.24) is 10.2 Å². The molecule has 4 aromatic rings. The molecule has 0 aliphatic rings. The molecule has 0 unspecified atom stereocenters. The third-order valence-electron chi connectivity index (χ3n) is 6.99. The topological polar surface area (TPSA) is 86.8 Å². The van der Waals surface area contributed by atoms with Crippen LogP contribution in [-0.4, -0.2) is 43.3 Å². The second-order valence-corrected chi connectivity index (χ2v) is 14.6. The molecule has 0 aliphatic carbocycles. The van der Waals surface area contributed by atoms with Gasteiger partial charge in [-0.1, -0.05) is 102 Å². The Morgan fingerprint density at radius 2 is 1.44 bits per heavy atom. The first-order valence-electron chi connectivity index (χ1n) is 14.5. The van der Waals surface area contributed by atoms with Gasteiger partial charge in [0.25, 0.3) is 10.0 Å². The summed E-state index contributed by atoms with van der Waals surface area (Å²) in [7, 11) is -4.27. The molecule has 1 N–H and O–H groups in total. The summed E-state index contributed by atoms with van der Waals surface area (Å²) in [6.07, 6.45) is 0.216. The zero-order valence-corrected chi connectivity index (χ0v) is 28.0. The van der Waals surface area contributed by atoms with E-state index in [1.807, 2.05) is 82.3 Å². The Morgan fingerprint density at radius 3 is 2.04 bits per heavy atom.